The van der Waals surface area contributed by atoms with Gasteiger partial charge in [0, 0.05) is 11.5 Å². The van der Waals surface area contributed by atoms with Gasteiger partial charge in [0.2, 0.25) is 0 Å². The van der Waals surface area contributed by atoms with Gasteiger partial charge in [-0.15, -0.1) is 0 Å². The number of allylic oxidation sites excluding steroid dienone is 5. The van der Waals surface area contributed by atoms with Crippen LogP contribution in [-0.2, 0) is 15.9 Å². The van der Waals surface area contributed by atoms with Crippen molar-refractivity contribution in [3.05, 3.63) is 68.6 Å². The normalized spacial score (nSPS) is 26.5. The van der Waals surface area contributed by atoms with Crippen molar-refractivity contribution in [2.75, 3.05) is 13.7 Å². The van der Waals surface area contributed by atoms with Crippen molar-refractivity contribution in [2.24, 2.45) is 11.8 Å². The molecule has 0 amide bonds. The summed E-state index contributed by atoms with van der Waals surface area (Å²) in [6, 6.07) is 0. The average molecular weight is 577 g/mol. The Morgan fingerprint density at radius 3 is 2.39 bits per heavy atom. The quantitative estimate of drug-likeness (QED) is 0.204. The molecule has 4 N–H and O–H groups in total. The summed E-state index contributed by atoms with van der Waals surface area (Å²) in [6.07, 6.45) is 6.08. The fourth-order valence-corrected chi connectivity index (χ4v) is 4.79. The molecule has 0 radical (unpaired) electrons. The highest BCUT2D eigenvalue weighted by Gasteiger charge is 2.45. The van der Waals surface area contributed by atoms with Gasteiger partial charge in [-0.05, 0) is 58.1 Å². The fraction of sp³-hybridized carbons (Fsp3) is 0.594. The largest absolute Gasteiger partial charge is 0.468 e. The molecule has 1 aliphatic heterocycles. The maximum Gasteiger partial charge on any atom is 0.291 e. The molecule has 1 saturated heterocycles. The SMILES string of the molecule is CC=C(C)C(OC1OC(CO)C(O)C(O)C1O)C(C)C=C(C)C=CCC(C)C=Cc1oc(OC)c(CC)c(=O)c1C. The lowest BCUT2D eigenvalue weighted by Gasteiger charge is -2.41. The molecule has 1 aromatic heterocycles. The van der Waals surface area contributed by atoms with Crippen molar-refractivity contribution in [1.29, 1.82) is 0 Å². The maximum atomic E-state index is 12.6. The Balaban J connectivity index is 2.08. The number of hydrogen-bond donors (Lipinski definition) is 4. The second kappa shape index (κ2) is 16.2. The minimum atomic E-state index is -1.50. The number of ether oxygens (including phenoxy) is 3. The van der Waals surface area contributed by atoms with Crippen LogP contribution in [-0.4, -0.2) is 71.0 Å². The Bertz CT molecular complexity index is 1160. The highest BCUT2D eigenvalue weighted by atomic mass is 16.7. The molecule has 2 rings (SSSR count). The molecule has 230 valence electrons. The van der Waals surface area contributed by atoms with Crippen molar-refractivity contribution >= 4 is 6.08 Å². The third kappa shape index (κ3) is 8.98. The summed E-state index contributed by atoms with van der Waals surface area (Å²) in [5.41, 5.74) is 2.97. The predicted molar refractivity (Wildman–Crippen MR) is 159 cm³/mol. The van der Waals surface area contributed by atoms with Crippen LogP contribution in [0, 0.1) is 18.8 Å². The Kier molecular flexibility index (Phi) is 13.7. The Hall–Kier alpha value is -2.53. The molecule has 0 aromatic carbocycles. The lowest BCUT2D eigenvalue weighted by atomic mass is 9.94. The molecule has 1 fully saturated rings. The second-order valence-corrected chi connectivity index (χ2v) is 10.8. The highest BCUT2D eigenvalue weighted by Crippen LogP contribution is 2.28. The van der Waals surface area contributed by atoms with Crippen LogP contribution in [0.2, 0.25) is 0 Å². The van der Waals surface area contributed by atoms with Gasteiger partial charge in [-0.25, -0.2) is 0 Å². The van der Waals surface area contributed by atoms with Crippen LogP contribution in [0.1, 0.15) is 64.9 Å². The maximum absolute atomic E-state index is 12.6. The van der Waals surface area contributed by atoms with Gasteiger partial charge >= 0.3 is 0 Å². The molecule has 1 aliphatic rings. The third-order valence-electron chi connectivity index (χ3n) is 7.47. The van der Waals surface area contributed by atoms with Crippen molar-refractivity contribution in [1.82, 2.24) is 0 Å². The van der Waals surface area contributed by atoms with Crippen LogP contribution in [0.15, 0.2) is 50.7 Å². The molecule has 8 unspecified atom stereocenters. The van der Waals surface area contributed by atoms with Crippen LogP contribution in [0.3, 0.4) is 0 Å². The zero-order valence-corrected chi connectivity index (χ0v) is 25.5. The summed E-state index contributed by atoms with van der Waals surface area (Å²) < 4.78 is 22.7. The molecule has 9 nitrogen and oxygen atoms in total. The van der Waals surface area contributed by atoms with Crippen molar-refractivity contribution < 1.29 is 39.1 Å². The predicted octanol–water partition coefficient (Wildman–Crippen LogP) is 3.85. The first kappa shape index (κ1) is 34.7. The molecule has 9 heteroatoms. The molecule has 41 heavy (non-hydrogen) atoms. The highest BCUT2D eigenvalue weighted by molar-refractivity contribution is 5.49. The van der Waals surface area contributed by atoms with E-state index in [1.54, 1.807) is 6.92 Å². The molecule has 1 aromatic rings. The molecular weight excluding hydrogens is 528 g/mol. The van der Waals surface area contributed by atoms with Gasteiger partial charge in [0.15, 0.2) is 11.7 Å². The molecule has 0 bridgehead atoms. The second-order valence-electron chi connectivity index (χ2n) is 10.8. The van der Waals surface area contributed by atoms with Gasteiger partial charge in [0.25, 0.3) is 5.95 Å². The third-order valence-corrected chi connectivity index (χ3v) is 7.47. The van der Waals surface area contributed by atoms with Crippen LogP contribution < -0.4 is 10.2 Å². The summed E-state index contributed by atoms with van der Waals surface area (Å²) in [4.78, 5) is 12.6. The van der Waals surface area contributed by atoms with Crippen LogP contribution in [0.4, 0.5) is 0 Å². The summed E-state index contributed by atoms with van der Waals surface area (Å²) in [6.45, 7) is 13.0. The molecular formula is C32H48O9. The summed E-state index contributed by atoms with van der Waals surface area (Å²) >= 11 is 0. The molecule has 0 spiro atoms. The number of hydrogen-bond acceptors (Lipinski definition) is 9. The van der Waals surface area contributed by atoms with Gasteiger partial charge in [-0.3, -0.25) is 4.79 Å². The minimum absolute atomic E-state index is 0.0559. The average Bonchev–Trinajstić information content (AvgIpc) is 2.95. The smallest absolute Gasteiger partial charge is 0.291 e. The van der Waals surface area contributed by atoms with Crippen molar-refractivity contribution in [3.8, 4) is 5.95 Å². The van der Waals surface area contributed by atoms with Crippen LogP contribution in [0.5, 0.6) is 5.95 Å². The van der Waals surface area contributed by atoms with E-state index in [9.17, 15) is 25.2 Å². The van der Waals surface area contributed by atoms with E-state index in [0.717, 1.165) is 17.6 Å². The first-order valence-electron chi connectivity index (χ1n) is 14.2. The summed E-state index contributed by atoms with van der Waals surface area (Å²) in [7, 11) is 1.49. The molecule has 0 saturated carbocycles. The van der Waals surface area contributed by atoms with Gasteiger partial charge in [0.1, 0.15) is 30.2 Å². The number of methoxy groups -OCH3 is 1. The van der Waals surface area contributed by atoms with E-state index in [0.29, 0.717) is 23.3 Å². The Morgan fingerprint density at radius 2 is 1.80 bits per heavy atom. The van der Waals surface area contributed by atoms with E-state index in [-0.39, 0.29) is 23.2 Å². The fourth-order valence-electron chi connectivity index (χ4n) is 4.79. The minimum Gasteiger partial charge on any atom is -0.468 e. The first-order chi connectivity index (χ1) is 19.4. The Morgan fingerprint density at radius 1 is 1.12 bits per heavy atom. The van der Waals surface area contributed by atoms with Gasteiger partial charge < -0.3 is 39.1 Å². The van der Waals surface area contributed by atoms with Crippen LogP contribution in [0.25, 0.3) is 6.08 Å². The lowest BCUT2D eigenvalue weighted by molar-refractivity contribution is -0.310. The summed E-state index contributed by atoms with van der Waals surface area (Å²) in [5.74, 6) is 0.819. The van der Waals surface area contributed by atoms with Gasteiger partial charge in [-0.1, -0.05) is 56.7 Å². The van der Waals surface area contributed by atoms with Gasteiger partial charge in [0.05, 0.1) is 25.4 Å². The molecule has 2 heterocycles. The summed E-state index contributed by atoms with van der Waals surface area (Å²) in [5, 5.41) is 40.1. The zero-order chi connectivity index (χ0) is 30.9. The van der Waals surface area contributed by atoms with Crippen molar-refractivity contribution in [2.45, 2.75) is 98.1 Å². The van der Waals surface area contributed by atoms with E-state index in [1.807, 2.05) is 58.9 Å². The van der Waals surface area contributed by atoms with E-state index < -0.39 is 43.4 Å². The van der Waals surface area contributed by atoms with E-state index in [4.69, 9.17) is 18.6 Å². The van der Waals surface area contributed by atoms with Crippen LogP contribution >= 0.6 is 0 Å². The molecule has 8 atom stereocenters. The monoisotopic (exact) mass is 576 g/mol. The number of aliphatic hydroxyl groups is 4. The zero-order valence-electron chi connectivity index (χ0n) is 25.5. The standard InChI is InChI=1S/C32H48O9/c1-9-20(5)30(41-32-29(37)28(36)27(35)25(17-33)40-32)21(6)16-19(4)13-11-12-18(3)14-15-24-22(7)26(34)23(10-2)31(38-8)39-24/h9,11,13-16,18,21,25,27-30,32-33,35-37H,10,12,17H2,1-8H3. The lowest BCUT2D eigenvalue weighted by Crippen LogP contribution is -2.60. The van der Waals surface area contributed by atoms with Crippen molar-refractivity contribution in [3.63, 3.8) is 0 Å². The Labute approximate surface area is 243 Å². The number of aliphatic hydroxyl groups excluding tert-OH is 4. The number of rotatable bonds is 13. The van der Waals surface area contributed by atoms with E-state index in [1.165, 1.54) is 7.11 Å². The van der Waals surface area contributed by atoms with E-state index >= 15 is 0 Å². The first-order valence-corrected chi connectivity index (χ1v) is 14.2. The topological polar surface area (TPSA) is 139 Å². The molecule has 0 aliphatic carbocycles. The van der Waals surface area contributed by atoms with E-state index in [2.05, 4.69) is 19.1 Å². The van der Waals surface area contributed by atoms with Gasteiger partial charge in [-0.2, -0.15) is 0 Å².